The number of nitrogens with two attached hydrogens (primary N) is 1. The maximum absolute atomic E-state index is 11.2. The highest BCUT2D eigenvalue weighted by Crippen LogP contribution is 2.19. The number of nitrogen functional groups attached to an aromatic ring is 1. The van der Waals surface area contributed by atoms with E-state index in [4.69, 9.17) is 5.73 Å². The molecule has 4 heteroatoms. The van der Waals surface area contributed by atoms with E-state index in [-0.39, 0.29) is 5.78 Å². The molecule has 0 radical (unpaired) electrons. The summed E-state index contributed by atoms with van der Waals surface area (Å²) < 4.78 is 4.46. The van der Waals surface area contributed by atoms with E-state index in [9.17, 15) is 9.59 Å². The summed E-state index contributed by atoms with van der Waals surface area (Å²) in [6.07, 6.45) is 2.78. The molecule has 0 heterocycles. The van der Waals surface area contributed by atoms with E-state index in [1.54, 1.807) is 18.2 Å². The Balaban J connectivity index is 3.07. The molecule has 0 amide bonds. The third-order valence-corrected chi connectivity index (χ3v) is 2.12. The van der Waals surface area contributed by atoms with Crippen LogP contribution < -0.4 is 5.73 Å². The van der Waals surface area contributed by atoms with Crippen molar-refractivity contribution >= 4 is 23.5 Å². The molecule has 4 nitrogen and oxygen atoms in total. The summed E-state index contributed by atoms with van der Waals surface area (Å²) in [5, 5.41) is 0. The second-order valence-electron chi connectivity index (χ2n) is 3.22. The van der Waals surface area contributed by atoms with Gasteiger partial charge in [0.05, 0.1) is 7.11 Å². The zero-order valence-electron chi connectivity index (χ0n) is 9.19. The van der Waals surface area contributed by atoms with Crippen molar-refractivity contribution in [3.05, 3.63) is 35.4 Å². The zero-order chi connectivity index (χ0) is 12.1. The lowest BCUT2D eigenvalue weighted by molar-refractivity contribution is -0.134. The summed E-state index contributed by atoms with van der Waals surface area (Å²) in [4.78, 5) is 22.1. The summed E-state index contributed by atoms with van der Waals surface area (Å²) in [5.74, 6) is -0.571. The summed E-state index contributed by atoms with van der Waals surface area (Å²) in [7, 11) is 1.29. The monoisotopic (exact) mass is 219 g/mol. The molecule has 1 aromatic carbocycles. The first kappa shape index (κ1) is 12.0. The lowest BCUT2D eigenvalue weighted by Gasteiger charge is -2.04. The number of para-hydroxylation sites is 1. The van der Waals surface area contributed by atoms with Gasteiger partial charge in [0.25, 0.3) is 0 Å². The third-order valence-electron chi connectivity index (χ3n) is 2.12. The smallest absolute Gasteiger partial charge is 0.330 e. The van der Waals surface area contributed by atoms with Gasteiger partial charge in [0.15, 0.2) is 5.78 Å². The Kier molecular flexibility index (Phi) is 3.83. The van der Waals surface area contributed by atoms with E-state index in [0.29, 0.717) is 16.8 Å². The summed E-state index contributed by atoms with van der Waals surface area (Å²) >= 11 is 0. The number of carbonyl (C=O) groups is 2. The van der Waals surface area contributed by atoms with Crippen LogP contribution in [0, 0.1) is 0 Å². The minimum Gasteiger partial charge on any atom is -0.466 e. The number of ketones is 1. The highest BCUT2D eigenvalue weighted by atomic mass is 16.5. The van der Waals surface area contributed by atoms with Gasteiger partial charge in [0.1, 0.15) is 0 Å². The van der Waals surface area contributed by atoms with Crippen LogP contribution in [0.3, 0.4) is 0 Å². The van der Waals surface area contributed by atoms with Gasteiger partial charge in [-0.2, -0.15) is 0 Å². The maximum Gasteiger partial charge on any atom is 0.330 e. The molecule has 0 unspecified atom stereocenters. The van der Waals surface area contributed by atoms with Crippen LogP contribution in [0.4, 0.5) is 5.69 Å². The van der Waals surface area contributed by atoms with E-state index in [0.717, 1.165) is 0 Å². The predicted molar refractivity (Wildman–Crippen MR) is 61.9 cm³/mol. The Morgan fingerprint density at radius 3 is 2.62 bits per heavy atom. The van der Waals surface area contributed by atoms with E-state index in [1.165, 1.54) is 26.2 Å². The van der Waals surface area contributed by atoms with Crippen LogP contribution in [0.5, 0.6) is 0 Å². The van der Waals surface area contributed by atoms with E-state index in [2.05, 4.69) is 4.74 Å². The van der Waals surface area contributed by atoms with Crippen LogP contribution in [-0.4, -0.2) is 18.9 Å². The molecule has 84 valence electrons. The minimum atomic E-state index is -0.465. The van der Waals surface area contributed by atoms with Crippen LogP contribution in [0.25, 0.3) is 6.08 Å². The maximum atomic E-state index is 11.2. The number of hydrogen-bond acceptors (Lipinski definition) is 4. The van der Waals surface area contributed by atoms with Crippen LogP contribution in [0.1, 0.15) is 22.8 Å². The van der Waals surface area contributed by atoms with Crippen molar-refractivity contribution in [2.24, 2.45) is 0 Å². The Morgan fingerprint density at radius 2 is 2.06 bits per heavy atom. The van der Waals surface area contributed by atoms with Gasteiger partial charge in [-0.1, -0.05) is 12.1 Å². The number of hydrogen-bond donors (Lipinski definition) is 1. The number of ether oxygens (including phenoxy) is 1. The Bertz CT molecular complexity index is 450. The summed E-state index contributed by atoms with van der Waals surface area (Å²) in [6.45, 7) is 1.44. The second kappa shape index (κ2) is 5.11. The number of carbonyl (C=O) groups excluding carboxylic acids is 2. The van der Waals surface area contributed by atoms with Crippen LogP contribution >= 0.6 is 0 Å². The molecule has 2 N–H and O–H groups in total. The van der Waals surface area contributed by atoms with E-state index < -0.39 is 5.97 Å². The van der Waals surface area contributed by atoms with Gasteiger partial charge < -0.3 is 10.5 Å². The fraction of sp³-hybridized carbons (Fsp3) is 0.167. The van der Waals surface area contributed by atoms with Crippen LogP contribution in [-0.2, 0) is 9.53 Å². The molecule has 0 saturated heterocycles. The Hall–Kier alpha value is -2.10. The average molecular weight is 219 g/mol. The molecule has 0 bridgehead atoms. The number of anilines is 1. The first-order valence-electron chi connectivity index (χ1n) is 4.71. The standard InChI is InChI=1S/C12H13NO3/c1-8(14)10-5-3-4-9(12(10)13)6-7-11(15)16-2/h3-7H,13H2,1-2H3/b7-6+. The van der Waals surface area contributed by atoms with Gasteiger partial charge in [0.2, 0.25) is 0 Å². The molecule has 0 aromatic heterocycles. The second-order valence-corrected chi connectivity index (χ2v) is 3.22. The van der Waals surface area contributed by atoms with Crippen molar-refractivity contribution in [3.63, 3.8) is 0 Å². The molecule has 1 rings (SSSR count). The molecule has 0 aliphatic heterocycles. The van der Waals surface area contributed by atoms with Gasteiger partial charge >= 0.3 is 5.97 Å². The molecule has 0 aliphatic rings. The van der Waals surface area contributed by atoms with Crippen LogP contribution in [0.2, 0.25) is 0 Å². The molecule has 16 heavy (non-hydrogen) atoms. The van der Waals surface area contributed by atoms with Gasteiger partial charge in [-0.3, -0.25) is 4.79 Å². The Labute approximate surface area is 93.7 Å². The SMILES string of the molecule is COC(=O)/C=C/c1cccc(C(C)=O)c1N. The third kappa shape index (κ3) is 2.70. The number of benzene rings is 1. The van der Waals surface area contributed by atoms with Crippen molar-refractivity contribution in [2.45, 2.75) is 6.92 Å². The summed E-state index contributed by atoms with van der Waals surface area (Å²) in [6, 6.07) is 5.08. The number of Topliss-reactive ketones (excluding diaryl/α,β-unsaturated/α-hetero) is 1. The average Bonchev–Trinajstić information content (AvgIpc) is 2.26. The lowest BCUT2D eigenvalue weighted by Crippen LogP contribution is -2.01. The molecule has 0 fully saturated rings. The highest BCUT2D eigenvalue weighted by Gasteiger charge is 2.06. The molecular weight excluding hydrogens is 206 g/mol. The van der Waals surface area contributed by atoms with Crippen LogP contribution in [0.15, 0.2) is 24.3 Å². The number of rotatable bonds is 3. The van der Waals surface area contributed by atoms with Gasteiger partial charge in [0, 0.05) is 17.3 Å². The first-order valence-corrected chi connectivity index (χ1v) is 4.71. The van der Waals surface area contributed by atoms with Gasteiger partial charge in [-0.05, 0) is 24.6 Å². The molecular formula is C12H13NO3. The van der Waals surface area contributed by atoms with Gasteiger partial charge in [-0.15, -0.1) is 0 Å². The Morgan fingerprint density at radius 1 is 1.38 bits per heavy atom. The van der Waals surface area contributed by atoms with E-state index in [1.807, 2.05) is 0 Å². The minimum absolute atomic E-state index is 0.106. The zero-order valence-corrected chi connectivity index (χ0v) is 9.19. The lowest BCUT2D eigenvalue weighted by atomic mass is 10.0. The molecule has 0 spiro atoms. The van der Waals surface area contributed by atoms with E-state index >= 15 is 0 Å². The van der Waals surface area contributed by atoms with Crippen molar-refractivity contribution in [1.82, 2.24) is 0 Å². The quantitative estimate of drug-likeness (QED) is 0.363. The summed E-state index contributed by atoms with van der Waals surface area (Å²) in [5.41, 5.74) is 7.23. The molecule has 0 atom stereocenters. The van der Waals surface area contributed by atoms with Crippen molar-refractivity contribution in [3.8, 4) is 0 Å². The van der Waals surface area contributed by atoms with Crippen molar-refractivity contribution in [1.29, 1.82) is 0 Å². The van der Waals surface area contributed by atoms with Crippen molar-refractivity contribution in [2.75, 3.05) is 12.8 Å². The topological polar surface area (TPSA) is 69.4 Å². The van der Waals surface area contributed by atoms with Crippen molar-refractivity contribution < 1.29 is 14.3 Å². The number of methoxy groups -OCH3 is 1. The first-order chi connectivity index (χ1) is 7.56. The molecule has 0 aliphatic carbocycles. The fourth-order valence-electron chi connectivity index (χ4n) is 1.26. The molecule has 1 aromatic rings. The largest absolute Gasteiger partial charge is 0.466 e. The number of esters is 1. The highest BCUT2D eigenvalue weighted by molar-refractivity contribution is 6.01. The normalized spacial score (nSPS) is 10.4. The van der Waals surface area contributed by atoms with Gasteiger partial charge in [-0.25, -0.2) is 4.79 Å². The predicted octanol–water partition coefficient (Wildman–Crippen LogP) is 1.66. The molecule has 0 saturated carbocycles. The fourth-order valence-corrected chi connectivity index (χ4v) is 1.26.